The Morgan fingerprint density at radius 1 is 1.38 bits per heavy atom. The lowest BCUT2D eigenvalue weighted by atomic mass is 9.83. The van der Waals surface area contributed by atoms with Crippen LogP contribution in [0.4, 0.5) is 0 Å². The standard InChI is InChI=1S/C13H17NO2/c1-2-13(7-3-4-8-13)12(15)16-11-5-9-14-10-6-11/h5-6,9-10H,2-4,7-8H2,1H3. The zero-order valence-corrected chi connectivity index (χ0v) is 9.61. The summed E-state index contributed by atoms with van der Waals surface area (Å²) in [5.74, 6) is 0.526. The third-order valence-electron chi connectivity index (χ3n) is 3.53. The monoisotopic (exact) mass is 219 g/mol. The quantitative estimate of drug-likeness (QED) is 0.734. The minimum absolute atomic E-state index is 0.0706. The van der Waals surface area contributed by atoms with Gasteiger partial charge in [-0.25, -0.2) is 0 Å². The van der Waals surface area contributed by atoms with Gasteiger partial charge in [0.25, 0.3) is 0 Å². The molecular weight excluding hydrogens is 202 g/mol. The molecular formula is C13H17NO2. The normalized spacial score (nSPS) is 18.3. The molecule has 3 heteroatoms. The number of ether oxygens (including phenoxy) is 1. The molecule has 2 rings (SSSR count). The molecule has 1 aromatic heterocycles. The largest absolute Gasteiger partial charge is 0.426 e. The van der Waals surface area contributed by atoms with Crippen molar-refractivity contribution in [2.45, 2.75) is 39.0 Å². The third-order valence-corrected chi connectivity index (χ3v) is 3.53. The van der Waals surface area contributed by atoms with Crippen LogP contribution in [0.3, 0.4) is 0 Å². The topological polar surface area (TPSA) is 39.2 Å². The first kappa shape index (κ1) is 11.1. The molecule has 0 amide bonds. The molecule has 0 atom stereocenters. The molecule has 86 valence electrons. The Kier molecular flexibility index (Phi) is 3.22. The molecule has 0 unspecified atom stereocenters. The van der Waals surface area contributed by atoms with Crippen LogP contribution < -0.4 is 4.74 Å². The Balaban J connectivity index is 2.07. The fraction of sp³-hybridized carbons (Fsp3) is 0.538. The van der Waals surface area contributed by atoms with Crippen molar-refractivity contribution in [3.05, 3.63) is 24.5 Å². The predicted molar refractivity (Wildman–Crippen MR) is 61.1 cm³/mol. The summed E-state index contributed by atoms with van der Waals surface area (Å²) < 4.78 is 5.41. The van der Waals surface area contributed by atoms with Gasteiger partial charge in [0.1, 0.15) is 5.75 Å². The highest BCUT2D eigenvalue weighted by Crippen LogP contribution is 2.42. The lowest BCUT2D eigenvalue weighted by molar-refractivity contribution is -0.145. The number of esters is 1. The summed E-state index contributed by atoms with van der Waals surface area (Å²) in [5, 5.41) is 0. The number of pyridine rings is 1. The number of hydrogen-bond donors (Lipinski definition) is 0. The van der Waals surface area contributed by atoms with Crippen molar-refractivity contribution in [3.8, 4) is 5.75 Å². The van der Waals surface area contributed by atoms with Crippen LogP contribution in [-0.4, -0.2) is 11.0 Å². The van der Waals surface area contributed by atoms with Crippen molar-refractivity contribution in [2.24, 2.45) is 5.41 Å². The van der Waals surface area contributed by atoms with Gasteiger partial charge in [0, 0.05) is 12.4 Å². The van der Waals surface area contributed by atoms with Crippen LogP contribution in [0.5, 0.6) is 5.75 Å². The third kappa shape index (κ3) is 2.08. The van der Waals surface area contributed by atoms with Crippen LogP contribution in [-0.2, 0) is 4.79 Å². The average molecular weight is 219 g/mol. The van der Waals surface area contributed by atoms with Gasteiger partial charge in [-0.1, -0.05) is 19.8 Å². The molecule has 0 radical (unpaired) electrons. The van der Waals surface area contributed by atoms with Crippen molar-refractivity contribution in [2.75, 3.05) is 0 Å². The second-order valence-corrected chi connectivity index (χ2v) is 4.41. The van der Waals surface area contributed by atoms with E-state index in [2.05, 4.69) is 11.9 Å². The molecule has 1 aliphatic carbocycles. The molecule has 3 nitrogen and oxygen atoms in total. The van der Waals surface area contributed by atoms with E-state index in [1.165, 1.54) is 0 Å². The zero-order valence-electron chi connectivity index (χ0n) is 9.61. The molecule has 1 aliphatic rings. The number of hydrogen-bond acceptors (Lipinski definition) is 3. The highest BCUT2D eigenvalue weighted by atomic mass is 16.5. The number of nitrogens with zero attached hydrogens (tertiary/aromatic N) is 1. The first-order chi connectivity index (χ1) is 7.77. The molecule has 0 aromatic carbocycles. The van der Waals surface area contributed by atoms with Gasteiger partial charge in [-0.2, -0.15) is 0 Å². The summed E-state index contributed by atoms with van der Waals surface area (Å²) in [6.45, 7) is 2.07. The van der Waals surface area contributed by atoms with Crippen LogP contribution in [0.1, 0.15) is 39.0 Å². The molecule has 1 saturated carbocycles. The van der Waals surface area contributed by atoms with Gasteiger partial charge >= 0.3 is 5.97 Å². The van der Waals surface area contributed by atoms with Gasteiger partial charge in [-0.05, 0) is 31.4 Å². The van der Waals surface area contributed by atoms with E-state index in [4.69, 9.17) is 4.74 Å². The summed E-state index contributed by atoms with van der Waals surface area (Å²) in [6.07, 6.45) is 8.35. The van der Waals surface area contributed by atoms with E-state index in [-0.39, 0.29) is 11.4 Å². The van der Waals surface area contributed by atoms with Crippen LogP contribution in [0.2, 0.25) is 0 Å². The van der Waals surface area contributed by atoms with E-state index < -0.39 is 0 Å². The Hall–Kier alpha value is -1.38. The SMILES string of the molecule is CCC1(C(=O)Oc2ccncc2)CCCC1. The maximum atomic E-state index is 12.1. The second kappa shape index (κ2) is 4.64. The lowest BCUT2D eigenvalue weighted by Crippen LogP contribution is -2.31. The molecule has 0 N–H and O–H groups in total. The smallest absolute Gasteiger partial charge is 0.317 e. The highest BCUT2D eigenvalue weighted by molar-refractivity contribution is 5.79. The van der Waals surface area contributed by atoms with Crippen LogP contribution in [0.15, 0.2) is 24.5 Å². The minimum atomic E-state index is -0.233. The van der Waals surface area contributed by atoms with E-state index >= 15 is 0 Å². The first-order valence-electron chi connectivity index (χ1n) is 5.89. The lowest BCUT2D eigenvalue weighted by Gasteiger charge is -2.24. The molecule has 0 saturated heterocycles. The fourth-order valence-electron chi connectivity index (χ4n) is 2.38. The second-order valence-electron chi connectivity index (χ2n) is 4.41. The summed E-state index contributed by atoms with van der Waals surface area (Å²) in [6, 6.07) is 3.44. The van der Waals surface area contributed by atoms with E-state index in [1.807, 2.05) is 0 Å². The minimum Gasteiger partial charge on any atom is -0.426 e. The van der Waals surface area contributed by atoms with Crippen LogP contribution in [0, 0.1) is 5.41 Å². The van der Waals surface area contributed by atoms with Crippen molar-refractivity contribution >= 4 is 5.97 Å². The Bertz CT molecular complexity index is 355. The average Bonchev–Trinajstić information content (AvgIpc) is 2.80. The van der Waals surface area contributed by atoms with Crippen molar-refractivity contribution in [1.29, 1.82) is 0 Å². The molecule has 16 heavy (non-hydrogen) atoms. The van der Waals surface area contributed by atoms with Crippen LogP contribution >= 0.6 is 0 Å². The summed E-state index contributed by atoms with van der Waals surface area (Å²) in [5.41, 5.74) is -0.233. The Labute approximate surface area is 95.8 Å². The molecule has 0 bridgehead atoms. The van der Waals surface area contributed by atoms with Crippen molar-refractivity contribution in [3.63, 3.8) is 0 Å². The summed E-state index contributed by atoms with van der Waals surface area (Å²) in [4.78, 5) is 16.0. The number of carbonyl (C=O) groups is 1. The maximum Gasteiger partial charge on any atom is 0.317 e. The highest BCUT2D eigenvalue weighted by Gasteiger charge is 2.41. The molecule has 1 fully saturated rings. The molecule has 0 aliphatic heterocycles. The Morgan fingerprint density at radius 2 is 2.00 bits per heavy atom. The van der Waals surface area contributed by atoms with E-state index in [0.29, 0.717) is 5.75 Å². The van der Waals surface area contributed by atoms with Gasteiger partial charge in [-0.15, -0.1) is 0 Å². The van der Waals surface area contributed by atoms with Gasteiger partial charge in [0.05, 0.1) is 5.41 Å². The summed E-state index contributed by atoms with van der Waals surface area (Å²) in [7, 11) is 0. The summed E-state index contributed by atoms with van der Waals surface area (Å²) >= 11 is 0. The van der Waals surface area contributed by atoms with Gasteiger partial charge in [-0.3, -0.25) is 9.78 Å². The zero-order chi connectivity index (χ0) is 11.4. The first-order valence-corrected chi connectivity index (χ1v) is 5.89. The Morgan fingerprint density at radius 3 is 2.56 bits per heavy atom. The van der Waals surface area contributed by atoms with Gasteiger partial charge in [0.2, 0.25) is 0 Å². The molecule has 1 aromatic rings. The van der Waals surface area contributed by atoms with Crippen LogP contribution in [0.25, 0.3) is 0 Å². The number of aromatic nitrogens is 1. The number of rotatable bonds is 3. The van der Waals surface area contributed by atoms with E-state index in [0.717, 1.165) is 32.1 Å². The van der Waals surface area contributed by atoms with Crippen molar-refractivity contribution in [1.82, 2.24) is 4.98 Å². The van der Waals surface area contributed by atoms with Crippen molar-refractivity contribution < 1.29 is 9.53 Å². The number of carbonyl (C=O) groups excluding carboxylic acids is 1. The molecule has 0 spiro atoms. The van der Waals surface area contributed by atoms with E-state index in [9.17, 15) is 4.79 Å². The maximum absolute atomic E-state index is 12.1. The van der Waals surface area contributed by atoms with Gasteiger partial charge < -0.3 is 4.74 Å². The fourth-order valence-corrected chi connectivity index (χ4v) is 2.38. The molecule has 1 heterocycles. The van der Waals surface area contributed by atoms with Gasteiger partial charge in [0.15, 0.2) is 0 Å². The van der Waals surface area contributed by atoms with E-state index in [1.54, 1.807) is 24.5 Å². The predicted octanol–water partition coefficient (Wildman–Crippen LogP) is 2.96.